The topological polar surface area (TPSA) is 31.0 Å². The molecule has 1 aromatic rings. The van der Waals surface area contributed by atoms with E-state index in [9.17, 15) is 0 Å². The molecule has 0 spiro atoms. The summed E-state index contributed by atoms with van der Waals surface area (Å²) < 4.78 is 16.2. The van der Waals surface area contributed by atoms with Crippen LogP contribution in [0.5, 0.6) is 11.5 Å². The molecule has 0 radical (unpaired) electrons. The molecular weight excluding hydrogens is 192 g/mol. The van der Waals surface area contributed by atoms with Crippen LogP contribution in [0, 0.1) is 6.92 Å². The molecule has 0 amide bonds. The highest BCUT2D eigenvalue weighted by Gasteiger charge is 2.45. The van der Waals surface area contributed by atoms with Gasteiger partial charge in [-0.15, -0.1) is 0 Å². The first-order valence-corrected chi connectivity index (χ1v) is 4.98. The maximum atomic E-state index is 5.45. The fourth-order valence-corrected chi connectivity index (χ4v) is 1.82. The molecule has 0 bridgehead atoms. The lowest BCUT2D eigenvalue weighted by atomic mass is 9.98. The van der Waals surface area contributed by atoms with Crippen LogP contribution in [0.15, 0.2) is 12.1 Å². The Hall–Kier alpha value is -1.22. The molecule has 1 aliphatic rings. The molecule has 1 heterocycles. The van der Waals surface area contributed by atoms with Gasteiger partial charge < -0.3 is 14.2 Å². The summed E-state index contributed by atoms with van der Waals surface area (Å²) in [6, 6.07) is 4.01. The van der Waals surface area contributed by atoms with E-state index in [0.717, 1.165) is 29.2 Å². The Morgan fingerprint density at radius 3 is 2.00 bits per heavy atom. The van der Waals surface area contributed by atoms with Gasteiger partial charge in [0.2, 0.25) is 0 Å². The first kappa shape index (κ1) is 10.3. The fraction of sp³-hybridized carbons (Fsp3) is 0.500. The molecule has 1 saturated heterocycles. The highest BCUT2D eigenvalue weighted by molar-refractivity contribution is 5.52. The molecule has 0 aliphatic carbocycles. The number of ether oxygens (including phenoxy) is 3. The van der Waals surface area contributed by atoms with E-state index in [2.05, 4.69) is 0 Å². The first-order chi connectivity index (χ1) is 7.10. The summed E-state index contributed by atoms with van der Waals surface area (Å²) in [4.78, 5) is 0. The molecular formula is C12H16O3. The SMILES string of the molecule is COc1cc(C)cc(OC)c1C1(C)CO1. The second kappa shape index (κ2) is 3.42. The Labute approximate surface area is 90.0 Å². The van der Waals surface area contributed by atoms with E-state index in [1.165, 1.54) is 0 Å². The highest BCUT2D eigenvalue weighted by atomic mass is 16.6. The number of hydrogen-bond donors (Lipinski definition) is 0. The lowest BCUT2D eigenvalue weighted by Gasteiger charge is -2.16. The van der Waals surface area contributed by atoms with Crippen molar-refractivity contribution < 1.29 is 14.2 Å². The molecule has 0 N–H and O–H groups in total. The van der Waals surface area contributed by atoms with Crippen molar-refractivity contribution >= 4 is 0 Å². The van der Waals surface area contributed by atoms with Crippen molar-refractivity contribution in [2.45, 2.75) is 19.4 Å². The lowest BCUT2D eigenvalue weighted by Crippen LogP contribution is -2.08. The van der Waals surface area contributed by atoms with Crippen molar-refractivity contribution in [1.82, 2.24) is 0 Å². The fourth-order valence-electron chi connectivity index (χ4n) is 1.82. The van der Waals surface area contributed by atoms with E-state index in [4.69, 9.17) is 14.2 Å². The average Bonchev–Trinajstić information content (AvgIpc) is 2.95. The van der Waals surface area contributed by atoms with E-state index in [-0.39, 0.29) is 5.60 Å². The van der Waals surface area contributed by atoms with Crippen LogP contribution in [0.3, 0.4) is 0 Å². The normalized spacial score (nSPS) is 23.7. The summed E-state index contributed by atoms with van der Waals surface area (Å²) in [6.07, 6.45) is 0. The highest BCUT2D eigenvalue weighted by Crippen LogP contribution is 2.47. The molecule has 15 heavy (non-hydrogen) atoms. The van der Waals surface area contributed by atoms with Gasteiger partial charge in [-0.2, -0.15) is 0 Å². The van der Waals surface area contributed by atoms with Crippen molar-refractivity contribution in [3.05, 3.63) is 23.3 Å². The van der Waals surface area contributed by atoms with Crippen LogP contribution >= 0.6 is 0 Å². The van der Waals surface area contributed by atoms with E-state index in [1.54, 1.807) is 14.2 Å². The second-order valence-corrected chi connectivity index (χ2v) is 4.06. The average molecular weight is 208 g/mol. The van der Waals surface area contributed by atoms with E-state index >= 15 is 0 Å². The van der Waals surface area contributed by atoms with E-state index < -0.39 is 0 Å². The summed E-state index contributed by atoms with van der Waals surface area (Å²) >= 11 is 0. The third-order valence-electron chi connectivity index (χ3n) is 2.76. The summed E-state index contributed by atoms with van der Waals surface area (Å²) in [5.41, 5.74) is 1.90. The van der Waals surface area contributed by atoms with Crippen molar-refractivity contribution in [3.8, 4) is 11.5 Å². The zero-order valence-electron chi connectivity index (χ0n) is 9.59. The van der Waals surface area contributed by atoms with Crippen LogP contribution in [-0.2, 0) is 10.3 Å². The summed E-state index contributed by atoms with van der Waals surface area (Å²) in [5, 5.41) is 0. The minimum Gasteiger partial charge on any atom is -0.496 e. The maximum absolute atomic E-state index is 5.45. The quantitative estimate of drug-likeness (QED) is 0.714. The second-order valence-electron chi connectivity index (χ2n) is 4.06. The molecule has 1 unspecified atom stereocenters. The number of aryl methyl sites for hydroxylation is 1. The first-order valence-electron chi connectivity index (χ1n) is 4.98. The molecule has 82 valence electrons. The van der Waals surface area contributed by atoms with Gasteiger partial charge in [0, 0.05) is 0 Å². The number of benzene rings is 1. The van der Waals surface area contributed by atoms with Crippen LogP contribution < -0.4 is 9.47 Å². The maximum Gasteiger partial charge on any atom is 0.129 e. The number of hydrogen-bond acceptors (Lipinski definition) is 3. The molecule has 1 aromatic carbocycles. The molecule has 2 rings (SSSR count). The summed E-state index contributed by atoms with van der Waals surface area (Å²) in [5.74, 6) is 1.68. The van der Waals surface area contributed by atoms with Crippen molar-refractivity contribution in [2.75, 3.05) is 20.8 Å². The van der Waals surface area contributed by atoms with E-state index in [1.807, 2.05) is 26.0 Å². The van der Waals surface area contributed by atoms with Gasteiger partial charge in [0.15, 0.2) is 0 Å². The van der Waals surface area contributed by atoms with Crippen LogP contribution in [0.25, 0.3) is 0 Å². The number of epoxide rings is 1. The largest absolute Gasteiger partial charge is 0.496 e. The molecule has 0 saturated carbocycles. The smallest absolute Gasteiger partial charge is 0.129 e. The zero-order valence-corrected chi connectivity index (χ0v) is 9.59. The van der Waals surface area contributed by atoms with Gasteiger partial charge in [-0.05, 0) is 31.5 Å². The molecule has 0 aromatic heterocycles. The zero-order chi connectivity index (χ0) is 11.1. The Kier molecular flexibility index (Phi) is 2.35. The minimum atomic E-state index is -0.232. The van der Waals surface area contributed by atoms with Crippen LogP contribution in [0.4, 0.5) is 0 Å². The van der Waals surface area contributed by atoms with E-state index in [0.29, 0.717) is 0 Å². The van der Waals surface area contributed by atoms with Crippen molar-refractivity contribution in [3.63, 3.8) is 0 Å². The van der Waals surface area contributed by atoms with Gasteiger partial charge in [0.1, 0.15) is 17.1 Å². The standard InChI is InChI=1S/C12H16O3/c1-8-5-9(13-3)11(10(6-8)14-4)12(2)7-15-12/h5-6H,7H2,1-4H3. The third-order valence-corrected chi connectivity index (χ3v) is 2.76. The van der Waals surface area contributed by atoms with Gasteiger partial charge in [0.25, 0.3) is 0 Å². The van der Waals surface area contributed by atoms with Crippen molar-refractivity contribution in [2.24, 2.45) is 0 Å². The monoisotopic (exact) mass is 208 g/mol. The van der Waals surface area contributed by atoms with Gasteiger partial charge in [-0.25, -0.2) is 0 Å². The van der Waals surface area contributed by atoms with Crippen LogP contribution in [0.1, 0.15) is 18.1 Å². The minimum absolute atomic E-state index is 0.232. The third kappa shape index (κ3) is 1.67. The molecule has 3 nitrogen and oxygen atoms in total. The molecule has 1 atom stereocenters. The molecule has 1 fully saturated rings. The Balaban J connectivity index is 2.57. The van der Waals surface area contributed by atoms with Gasteiger partial charge in [0.05, 0.1) is 26.4 Å². The predicted octanol–water partition coefficient (Wildman–Crippen LogP) is 2.26. The molecule has 3 heteroatoms. The number of methoxy groups -OCH3 is 2. The molecule has 1 aliphatic heterocycles. The van der Waals surface area contributed by atoms with Gasteiger partial charge in [-0.3, -0.25) is 0 Å². The summed E-state index contributed by atoms with van der Waals surface area (Å²) in [7, 11) is 3.34. The lowest BCUT2D eigenvalue weighted by molar-refractivity contribution is 0.302. The number of rotatable bonds is 3. The van der Waals surface area contributed by atoms with Crippen LogP contribution in [-0.4, -0.2) is 20.8 Å². The van der Waals surface area contributed by atoms with Crippen molar-refractivity contribution in [1.29, 1.82) is 0 Å². The van der Waals surface area contributed by atoms with Gasteiger partial charge in [-0.1, -0.05) is 0 Å². The Morgan fingerprint density at radius 1 is 1.20 bits per heavy atom. The van der Waals surface area contributed by atoms with Gasteiger partial charge >= 0.3 is 0 Å². The van der Waals surface area contributed by atoms with Crippen LogP contribution in [0.2, 0.25) is 0 Å². The Morgan fingerprint density at radius 2 is 1.67 bits per heavy atom. The predicted molar refractivity (Wildman–Crippen MR) is 57.6 cm³/mol. The summed E-state index contributed by atoms with van der Waals surface area (Å²) in [6.45, 7) is 4.79. The Bertz CT molecular complexity index is 355.